The Labute approximate surface area is 216 Å². The molecular formula is C27H29FO8S. The number of hydrogen-bond donors (Lipinski definition) is 0. The summed E-state index contributed by atoms with van der Waals surface area (Å²) in [5, 5.41) is 0. The van der Waals surface area contributed by atoms with Gasteiger partial charge in [-0.2, -0.15) is 0 Å². The summed E-state index contributed by atoms with van der Waals surface area (Å²) in [6.45, 7) is 0. The summed E-state index contributed by atoms with van der Waals surface area (Å²) < 4.78 is 73.2. The van der Waals surface area contributed by atoms with Crippen molar-refractivity contribution in [3.8, 4) is 34.5 Å². The second-order valence-electron chi connectivity index (χ2n) is 7.72. The average Bonchev–Trinajstić information content (AvgIpc) is 2.91. The third-order valence-electron chi connectivity index (χ3n) is 5.64. The molecule has 0 spiro atoms. The van der Waals surface area contributed by atoms with Crippen LogP contribution in [0, 0.1) is 5.82 Å². The van der Waals surface area contributed by atoms with Crippen LogP contribution in [0.3, 0.4) is 0 Å². The van der Waals surface area contributed by atoms with Crippen LogP contribution < -0.4 is 28.4 Å². The molecular weight excluding hydrogens is 503 g/mol. The van der Waals surface area contributed by atoms with Crippen LogP contribution in [0.15, 0.2) is 47.4 Å². The molecule has 3 rings (SSSR count). The first-order valence-corrected chi connectivity index (χ1v) is 12.7. The van der Waals surface area contributed by atoms with E-state index >= 15 is 0 Å². The molecule has 0 aliphatic rings. The van der Waals surface area contributed by atoms with Gasteiger partial charge in [0.05, 0.1) is 53.3 Å². The van der Waals surface area contributed by atoms with Gasteiger partial charge in [0, 0.05) is 11.6 Å². The molecule has 0 heterocycles. The van der Waals surface area contributed by atoms with E-state index in [2.05, 4.69) is 0 Å². The van der Waals surface area contributed by atoms with Crippen molar-refractivity contribution < 1.29 is 41.2 Å². The Bertz CT molecular complexity index is 1370. The van der Waals surface area contributed by atoms with E-state index in [1.54, 1.807) is 24.3 Å². The third-order valence-corrected chi connectivity index (χ3v) is 7.28. The van der Waals surface area contributed by atoms with Crippen molar-refractivity contribution in [2.45, 2.75) is 10.6 Å². The first kappa shape index (κ1) is 27.7. The van der Waals surface area contributed by atoms with Gasteiger partial charge in [0.15, 0.2) is 44.4 Å². The molecule has 0 amide bonds. The predicted octanol–water partition coefficient (Wildman–Crippen LogP) is 5.02. The lowest BCUT2D eigenvalue weighted by Gasteiger charge is -2.15. The fraction of sp³-hybridized carbons (Fsp3) is 0.259. The average molecular weight is 533 g/mol. The maximum absolute atomic E-state index is 14.6. The Morgan fingerprint density at radius 3 is 1.81 bits per heavy atom. The van der Waals surface area contributed by atoms with Gasteiger partial charge in [-0.3, -0.25) is 0 Å². The Morgan fingerprint density at radius 1 is 0.676 bits per heavy atom. The van der Waals surface area contributed by atoms with Crippen molar-refractivity contribution in [1.29, 1.82) is 0 Å². The van der Waals surface area contributed by atoms with Crippen molar-refractivity contribution in [2.24, 2.45) is 0 Å². The van der Waals surface area contributed by atoms with Crippen LogP contribution in [0.4, 0.5) is 4.39 Å². The number of hydrogen-bond acceptors (Lipinski definition) is 8. The molecule has 0 aliphatic carbocycles. The minimum Gasteiger partial charge on any atom is -0.493 e. The summed E-state index contributed by atoms with van der Waals surface area (Å²) in [4.78, 5) is -0.00368. The van der Waals surface area contributed by atoms with Gasteiger partial charge in [-0.25, -0.2) is 12.8 Å². The Kier molecular flexibility index (Phi) is 8.88. The zero-order chi connectivity index (χ0) is 27.2. The number of rotatable bonds is 11. The first-order chi connectivity index (χ1) is 17.7. The lowest BCUT2D eigenvalue weighted by atomic mass is 10.0. The lowest BCUT2D eigenvalue weighted by Crippen LogP contribution is -2.09. The zero-order valence-electron chi connectivity index (χ0n) is 21.5. The van der Waals surface area contributed by atoms with Crippen LogP contribution >= 0.6 is 0 Å². The second-order valence-corrected chi connectivity index (χ2v) is 9.71. The number of methoxy groups -OCH3 is 6. The van der Waals surface area contributed by atoms with Crippen LogP contribution in [0.1, 0.15) is 16.7 Å². The highest BCUT2D eigenvalue weighted by Crippen LogP contribution is 2.39. The monoisotopic (exact) mass is 532 g/mol. The fourth-order valence-electron chi connectivity index (χ4n) is 3.81. The highest BCUT2D eigenvalue weighted by molar-refractivity contribution is 7.90. The van der Waals surface area contributed by atoms with E-state index in [1.807, 2.05) is 0 Å². The summed E-state index contributed by atoms with van der Waals surface area (Å²) in [7, 11) is 4.75. The van der Waals surface area contributed by atoms with E-state index < -0.39 is 21.4 Å². The molecule has 37 heavy (non-hydrogen) atoms. The summed E-state index contributed by atoms with van der Waals surface area (Å²) in [5.74, 6) is 0.645. The molecule has 0 fully saturated rings. The molecule has 0 atom stereocenters. The molecule has 10 heteroatoms. The molecule has 0 saturated heterocycles. The molecule has 0 aromatic heterocycles. The van der Waals surface area contributed by atoms with Crippen LogP contribution in [0.5, 0.6) is 34.5 Å². The molecule has 0 N–H and O–H groups in total. The van der Waals surface area contributed by atoms with Crippen LogP contribution in [-0.4, -0.2) is 51.1 Å². The molecule has 3 aromatic carbocycles. The molecule has 0 unspecified atom stereocenters. The summed E-state index contributed by atoms with van der Waals surface area (Å²) >= 11 is 0. The van der Waals surface area contributed by atoms with Crippen LogP contribution in [0.2, 0.25) is 0 Å². The minimum absolute atomic E-state index is 0.00368. The SMILES string of the molecule is COc1ccc(S(=O)(=O)Cc2c(/C=C\c3cc(OC)c(OC)c(OC)c3)ccc(F)c2OC)cc1OC. The third kappa shape index (κ3) is 5.91. The first-order valence-electron chi connectivity index (χ1n) is 11.0. The lowest BCUT2D eigenvalue weighted by molar-refractivity contribution is 0.324. The fourth-order valence-corrected chi connectivity index (χ4v) is 5.21. The molecule has 0 saturated carbocycles. The summed E-state index contributed by atoms with van der Waals surface area (Å²) in [5.41, 5.74) is 1.31. The van der Waals surface area contributed by atoms with Gasteiger partial charge in [-0.1, -0.05) is 18.2 Å². The van der Waals surface area contributed by atoms with Gasteiger partial charge in [-0.15, -0.1) is 0 Å². The van der Waals surface area contributed by atoms with Crippen molar-refractivity contribution in [2.75, 3.05) is 42.7 Å². The van der Waals surface area contributed by atoms with E-state index in [0.717, 1.165) is 0 Å². The maximum atomic E-state index is 14.6. The molecule has 0 radical (unpaired) electrons. The predicted molar refractivity (Wildman–Crippen MR) is 138 cm³/mol. The van der Waals surface area contributed by atoms with Gasteiger partial charge in [0.2, 0.25) is 5.75 Å². The number of benzene rings is 3. The highest BCUT2D eigenvalue weighted by atomic mass is 32.2. The van der Waals surface area contributed by atoms with Gasteiger partial charge >= 0.3 is 0 Å². The number of sulfone groups is 1. The summed E-state index contributed by atoms with van der Waals surface area (Å²) in [6, 6.07) is 10.5. The smallest absolute Gasteiger partial charge is 0.203 e. The van der Waals surface area contributed by atoms with E-state index in [9.17, 15) is 12.8 Å². The zero-order valence-corrected chi connectivity index (χ0v) is 22.3. The normalized spacial score (nSPS) is 11.3. The molecule has 0 bridgehead atoms. The van der Waals surface area contributed by atoms with Crippen molar-refractivity contribution in [3.63, 3.8) is 0 Å². The Morgan fingerprint density at radius 2 is 1.27 bits per heavy atom. The minimum atomic E-state index is -3.93. The largest absolute Gasteiger partial charge is 0.493 e. The van der Waals surface area contributed by atoms with Crippen molar-refractivity contribution >= 4 is 22.0 Å². The van der Waals surface area contributed by atoms with Crippen LogP contribution in [-0.2, 0) is 15.6 Å². The number of ether oxygens (including phenoxy) is 6. The van der Waals surface area contributed by atoms with Gasteiger partial charge in [0.25, 0.3) is 0 Å². The quantitative estimate of drug-likeness (QED) is 0.318. The summed E-state index contributed by atoms with van der Waals surface area (Å²) in [6.07, 6.45) is 3.39. The number of halogens is 1. The van der Waals surface area contributed by atoms with Gasteiger partial charge < -0.3 is 28.4 Å². The highest BCUT2D eigenvalue weighted by Gasteiger charge is 2.23. The molecule has 0 aliphatic heterocycles. The van der Waals surface area contributed by atoms with Gasteiger partial charge in [-0.05, 0) is 41.5 Å². The topological polar surface area (TPSA) is 89.5 Å². The second kappa shape index (κ2) is 11.9. The maximum Gasteiger partial charge on any atom is 0.203 e. The van der Waals surface area contributed by atoms with Gasteiger partial charge in [0.1, 0.15) is 0 Å². The van der Waals surface area contributed by atoms with E-state index in [4.69, 9.17) is 28.4 Å². The van der Waals surface area contributed by atoms with Crippen LogP contribution in [0.25, 0.3) is 12.2 Å². The molecule has 3 aromatic rings. The van der Waals surface area contributed by atoms with Crippen molar-refractivity contribution in [3.05, 3.63) is 65.0 Å². The Balaban J connectivity index is 2.08. The molecule has 198 valence electrons. The molecule has 8 nitrogen and oxygen atoms in total. The van der Waals surface area contributed by atoms with E-state index in [0.29, 0.717) is 34.1 Å². The van der Waals surface area contributed by atoms with E-state index in [-0.39, 0.29) is 22.0 Å². The standard InChI is InChI=1S/C27H29FO8S/c1-31-22-12-10-19(15-23(22)32-2)37(29,30)16-20-18(9-11-21(28)26(20)35-5)8-7-17-13-24(33-3)27(36-6)25(14-17)34-4/h7-15H,16H2,1-6H3/b8-7-. The Hall–Kier alpha value is -3.92. The van der Waals surface area contributed by atoms with Crippen molar-refractivity contribution in [1.82, 2.24) is 0 Å². The van der Waals surface area contributed by atoms with E-state index in [1.165, 1.54) is 73.0 Å².